The highest BCUT2D eigenvalue weighted by Gasteiger charge is 2.28. The molecule has 1 saturated heterocycles. The van der Waals surface area contributed by atoms with Crippen molar-refractivity contribution in [3.63, 3.8) is 0 Å². The second kappa shape index (κ2) is 6.64. The summed E-state index contributed by atoms with van der Waals surface area (Å²) in [6.07, 6.45) is 1.40. The summed E-state index contributed by atoms with van der Waals surface area (Å²) in [5.74, 6) is 0.212. The lowest BCUT2D eigenvalue weighted by molar-refractivity contribution is 0.170. The van der Waals surface area contributed by atoms with E-state index in [1.807, 2.05) is 26.0 Å². The summed E-state index contributed by atoms with van der Waals surface area (Å²) in [5, 5.41) is 9.12. The molecule has 1 aliphatic rings. The van der Waals surface area contributed by atoms with E-state index in [9.17, 15) is 8.42 Å². The minimum absolute atomic E-state index is 0.129. The molecular formula is C14H21BrN2O3S. The molecule has 1 aliphatic heterocycles. The van der Waals surface area contributed by atoms with Crippen molar-refractivity contribution in [2.75, 3.05) is 24.4 Å². The van der Waals surface area contributed by atoms with Crippen molar-refractivity contribution in [2.24, 2.45) is 5.92 Å². The van der Waals surface area contributed by atoms with E-state index < -0.39 is 10.2 Å². The first-order valence-electron chi connectivity index (χ1n) is 6.99. The molecular weight excluding hydrogens is 356 g/mol. The van der Waals surface area contributed by atoms with Crippen LogP contribution in [0.3, 0.4) is 0 Å². The van der Waals surface area contributed by atoms with Gasteiger partial charge < -0.3 is 5.11 Å². The van der Waals surface area contributed by atoms with Crippen molar-refractivity contribution in [1.29, 1.82) is 0 Å². The van der Waals surface area contributed by atoms with Gasteiger partial charge in [-0.2, -0.15) is 12.7 Å². The van der Waals surface area contributed by atoms with E-state index in [0.717, 1.165) is 15.6 Å². The monoisotopic (exact) mass is 376 g/mol. The molecule has 0 amide bonds. The molecule has 0 radical (unpaired) electrons. The van der Waals surface area contributed by atoms with Gasteiger partial charge in [0.2, 0.25) is 0 Å². The van der Waals surface area contributed by atoms with E-state index >= 15 is 0 Å². The Morgan fingerprint density at radius 1 is 1.33 bits per heavy atom. The van der Waals surface area contributed by atoms with Crippen LogP contribution in [0.15, 0.2) is 16.6 Å². The maximum atomic E-state index is 12.5. The first-order chi connectivity index (χ1) is 9.83. The van der Waals surface area contributed by atoms with Gasteiger partial charge in [-0.25, -0.2) is 0 Å². The molecule has 0 aromatic heterocycles. The van der Waals surface area contributed by atoms with Gasteiger partial charge in [-0.3, -0.25) is 4.72 Å². The molecule has 7 heteroatoms. The molecule has 1 aromatic carbocycles. The van der Waals surface area contributed by atoms with Crippen LogP contribution in [0.2, 0.25) is 0 Å². The third kappa shape index (κ3) is 3.97. The van der Waals surface area contributed by atoms with Crippen LogP contribution in [0.1, 0.15) is 24.0 Å². The van der Waals surface area contributed by atoms with E-state index in [4.69, 9.17) is 5.11 Å². The molecule has 118 valence electrons. The molecule has 1 heterocycles. The Balaban J connectivity index is 2.15. The fraction of sp³-hybridized carbons (Fsp3) is 0.571. The largest absolute Gasteiger partial charge is 0.396 e. The summed E-state index contributed by atoms with van der Waals surface area (Å²) < 4.78 is 29.8. The SMILES string of the molecule is Cc1cc(C)c(NS(=O)(=O)N2CCC(CO)CC2)c(Br)c1. The van der Waals surface area contributed by atoms with Crippen molar-refractivity contribution < 1.29 is 13.5 Å². The number of benzene rings is 1. The molecule has 1 aromatic rings. The van der Waals surface area contributed by atoms with Crippen LogP contribution in [0.5, 0.6) is 0 Å². The highest BCUT2D eigenvalue weighted by Crippen LogP contribution is 2.30. The van der Waals surface area contributed by atoms with Gasteiger partial charge in [-0.05, 0) is 65.7 Å². The second-order valence-corrected chi connectivity index (χ2v) is 8.10. The summed E-state index contributed by atoms with van der Waals surface area (Å²) in [7, 11) is -3.55. The number of hydrogen-bond acceptors (Lipinski definition) is 3. The predicted octanol–water partition coefficient (Wildman–Crippen LogP) is 2.43. The van der Waals surface area contributed by atoms with E-state index in [0.29, 0.717) is 31.6 Å². The van der Waals surface area contributed by atoms with Crippen molar-refractivity contribution in [2.45, 2.75) is 26.7 Å². The maximum absolute atomic E-state index is 12.5. The molecule has 1 fully saturated rings. The molecule has 21 heavy (non-hydrogen) atoms. The van der Waals surface area contributed by atoms with Gasteiger partial charge in [0, 0.05) is 24.2 Å². The van der Waals surface area contributed by atoms with Gasteiger partial charge in [0.25, 0.3) is 0 Å². The molecule has 2 N–H and O–H groups in total. The topological polar surface area (TPSA) is 69.6 Å². The third-order valence-corrected chi connectivity index (χ3v) is 5.97. The second-order valence-electron chi connectivity index (χ2n) is 5.57. The van der Waals surface area contributed by atoms with Crippen LogP contribution in [0, 0.1) is 19.8 Å². The van der Waals surface area contributed by atoms with E-state index in [1.165, 1.54) is 4.31 Å². The average Bonchev–Trinajstić information content (AvgIpc) is 2.43. The number of piperidine rings is 1. The van der Waals surface area contributed by atoms with Gasteiger partial charge in [-0.15, -0.1) is 0 Å². The zero-order chi connectivity index (χ0) is 15.6. The molecule has 0 atom stereocenters. The van der Waals surface area contributed by atoms with Gasteiger partial charge >= 0.3 is 10.2 Å². The fourth-order valence-electron chi connectivity index (χ4n) is 2.57. The lowest BCUT2D eigenvalue weighted by Gasteiger charge is -2.30. The lowest BCUT2D eigenvalue weighted by Crippen LogP contribution is -2.42. The van der Waals surface area contributed by atoms with E-state index in [1.54, 1.807) is 0 Å². The number of hydrogen-bond donors (Lipinski definition) is 2. The number of rotatable bonds is 4. The summed E-state index contributed by atoms with van der Waals surface area (Å²) in [4.78, 5) is 0. The molecule has 0 saturated carbocycles. The van der Waals surface area contributed by atoms with Crippen LogP contribution in [-0.2, 0) is 10.2 Å². The minimum atomic E-state index is -3.55. The Morgan fingerprint density at radius 2 is 1.95 bits per heavy atom. The highest BCUT2D eigenvalue weighted by molar-refractivity contribution is 9.10. The van der Waals surface area contributed by atoms with Crippen LogP contribution < -0.4 is 4.72 Å². The van der Waals surface area contributed by atoms with Gasteiger partial charge in [0.1, 0.15) is 0 Å². The molecule has 0 unspecified atom stereocenters. The Bertz CT molecular complexity index is 588. The van der Waals surface area contributed by atoms with E-state index in [-0.39, 0.29) is 12.5 Å². The van der Waals surface area contributed by atoms with Crippen LogP contribution in [-0.4, -0.2) is 37.5 Å². The Kier molecular flexibility index (Phi) is 5.29. The van der Waals surface area contributed by atoms with Crippen LogP contribution in [0.25, 0.3) is 0 Å². The summed E-state index contributed by atoms with van der Waals surface area (Å²) in [5.41, 5.74) is 2.55. The van der Waals surface area contributed by atoms with E-state index in [2.05, 4.69) is 20.7 Å². The minimum Gasteiger partial charge on any atom is -0.396 e. The van der Waals surface area contributed by atoms with Gasteiger partial charge in [-0.1, -0.05) is 6.07 Å². The first-order valence-corrected chi connectivity index (χ1v) is 9.22. The predicted molar refractivity (Wildman–Crippen MR) is 87.5 cm³/mol. The fourth-order valence-corrected chi connectivity index (χ4v) is 4.82. The van der Waals surface area contributed by atoms with Crippen molar-refractivity contribution in [3.05, 3.63) is 27.7 Å². The average molecular weight is 377 g/mol. The maximum Gasteiger partial charge on any atom is 0.301 e. The summed E-state index contributed by atoms with van der Waals surface area (Å²) in [6, 6.07) is 3.84. The number of nitrogens with one attached hydrogen (secondary N) is 1. The third-order valence-electron chi connectivity index (χ3n) is 3.83. The van der Waals surface area contributed by atoms with Crippen LogP contribution in [0.4, 0.5) is 5.69 Å². The van der Waals surface area contributed by atoms with Crippen LogP contribution >= 0.6 is 15.9 Å². The summed E-state index contributed by atoms with van der Waals surface area (Å²) >= 11 is 3.42. The van der Waals surface area contributed by atoms with Gasteiger partial charge in [0.05, 0.1) is 5.69 Å². The number of anilines is 1. The summed E-state index contributed by atoms with van der Waals surface area (Å²) in [6.45, 7) is 4.87. The van der Waals surface area contributed by atoms with Crippen molar-refractivity contribution in [3.8, 4) is 0 Å². The molecule has 0 spiro atoms. The molecule has 0 aliphatic carbocycles. The smallest absolute Gasteiger partial charge is 0.301 e. The zero-order valence-corrected chi connectivity index (χ0v) is 14.7. The molecule has 5 nitrogen and oxygen atoms in total. The number of halogens is 1. The Morgan fingerprint density at radius 3 is 2.48 bits per heavy atom. The normalized spacial score (nSPS) is 17.9. The number of aliphatic hydroxyl groups excluding tert-OH is 1. The Hall–Kier alpha value is -0.630. The number of nitrogens with zero attached hydrogens (tertiary/aromatic N) is 1. The van der Waals surface area contributed by atoms with Crippen molar-refractivity contribution >= 4 is 31.8 Å². The molecule has 0 bridgehead atoms. The zero-order valence-electron chi connectivity index (χ0n) is 12.3. The number of aryl methyl sites for hydroxylation is 2. The standard InChI is InChI=1S/C14H21BrN2O3S/c1-10-7-11(2)14(13(15)8-10)16-21(19,20)17-5-3-12(9-18)4-6-17/h7-8,12,16,18H,3-6,9H2,1-2H3. The Labute approximate surface area is 134 Å². The number of aliphatic hydroxyl groups is 1. The van der Waals surface area contributed by atoms with Crippen molar-refractivity contribution in [1.82, 2.24) is 4.31 Å². The quantitative estimate of drug-likeness (QED) is 0.847. The first kappa shape index (κ1) is 16.7. The molecule has 2 rings (SSSR count). The highest BCUT2D eigenvalue weighted by atomic mass is 79.9. The van der Waals surface area contributed by atoms with Gasteiger partial charge in [0.15, 0.2) is 0 Å². The lowest BCUT2D eigenvalue weighted by atomic mass is 10.00.